The molecule has 1 aromatic heterocycles. The quantitative estimate of drug-likeness (QED) is 0.392. The van der Waals surface area contributed by atoms with Gasteiger partial charge in [-0.05, 0) is 29.1 Å². The molecule has 166 valence electrons. The fourth-order valence-electron chi connectivity index (χ4n) is 5.34. The van der Waals surface area contributed by atoms with Gasteiger partial charge < -0.3 is 9.64 Å². The van der Waals surface area contributed by atoms with E-state index in [1.807, 2.05) is 88.8 Å². The Kier molecular flexibility index (Phi) is 4.20. The molecular formula is C28H21N3O2S. The zero-order valence-corrected chi connectivity index (χ0v) is 19.1. The zero-order valence-electron chi connectivity index (χ0n) is 18.3. The Morgan fingerprint density at radius 3 is 2.59 bits per heavy atom. The first-order valence-electron chi connectivity index (χ1n) is 11.4. The number of para-hydroxylation sites is 2. The normalized spacial score (nSPS) is 22.3. The van der Waals surface area contributed by atoms with Gasteiger partial charge in [-0.2, -0.15) is 5.10 Å². The summed E-state index contributed by atoms with van der Waals surface area (Å²) in [5.41, 5.74) is 3.51. The van der Waals surface area contributed by atoms with Crippen LogP contribution in [0.2, 0.25) is 0 Å². The number of hydrogen-bond donors (Lipinski definition) is 0. The van der Waals surface area contributed by atoms with E-state index in [9.17, 15) is 4.79 Å². The van der Waals surface area contributed by atoms with Gasteiger partial charge in [-0.25, -0.2) is 5.01 Å². The van der Waals surface area contributed by atoms with Crippen LogP contribution in [-0.4, -0.2) is 16.6 Å². The lowest BCUT2D eigenvalue weighted by Gasteiger charge is -2.44. The minimum atomic E-state index is -1.33. The smallest absolute Gasteiger partial charge is 0.306 e. The molecule has 0 unspecified atom stereocenters. The van der Waals surface area contributed by atoms with Gasteiger partial charge in [0, 0.05) is 12.0 Å². The molecule has 2 atom stereocenters. The van der Waals surface area contributed by atoms with Crippen LogP contribution >= 0.6 is 11.3 Å². The van der Waals surface area contributed by atoms with Crippen molar-refractivity contribution in [3.8, 4) is 5.75 Å². The first-order valence-corrected chi connectivity index (χ1v) is 12.3. The number of hydrogen-bond acceptors (Lipinski definition) is 5. The van der Waals surface area contributed by atoms with Crippen LogP contribution in [0.3, 0.4) is 0 Å². The lowest BCUT2D eigenvalue weighted by atomic mass is 9.93. The van der Waals surface area contributed by atoms with Crippen LogP contribution in [0, 0.1) is 0 Å². The van der Waals surface area contributed by atoms with Crippen LogP contribution in [0.5, 0.6) is 5.75 Å². The molecule has 5 nitrogen and oxygen atoms in total. The second-order valence-electron chi connectivity index (χ2n) is 8.77. The van der Waals surface area contributed by atoms with Gasteiger partial charge in [0.2, 0.25) is 0 Å². The minimum Gasteiger partial charge on any atom is -0.453 e. The Hall–Kier alpha value is -3.90. The van der Waals surface area contributed by atoms with E-state index in [0.717, 1.165) is 45.1 Å². The number of thiophene rings is 1. The lowest BCUT2D eigenvalue weighted by Crippen LogP contribution is -2.57. The van der Waals surface area contributed by atoms with Gasteiger partial charge in [-0.1, -0.05) is 72.8 Å². The molecule has 4 aromatic rings. The summed E-state index contributed by atoms with van der Waals surface area (Å²) in [5.74, 6) is 0.643. The fourth-order valence-corrected chi connectivity index (χ4v) is 6.06. The van der Waals surface area contributed by atoms with Crippen molar-refractivity contribution in [2.45, 2.75) is 24.7 Å². The van der Waals surface area contributed by atoms with Gasteiger partial charge >= 0.3 is 5.72 Å². The number of amides is 1. The Labute approximate surface area is 201 Å². The van der Waals surface area contributed by atoms with Crippen LogP contribution in [0.4, 0.5) is 5.69 Å². The molecule has 0 radical (unpaired) electrons. The van der Waals surface area contributed by atoms with Crippen molar-refractivity contribution < 1.29 is 9.53 Å². The highest BCUT2D eigenvalue weighted by molar-refractivity contribution is 7.12. The topological polar surface area (TPSA) is 45.1 Å². The zero-order chi connectivity index (χ0) is 22.7. The number of nitrogens with zero attached hydrogens (tertiary/aromatic N) is 3. The van der Waals surface area contributed by atoms with Crippen molar-refractivity contribution in [2.75, 3.05) is 4.90 Å². The van der Waals surface area contributed by atoms with Crippen LogP contribution in [-0.2, 0) is 17.1 Å². The molecule has 3 aromatic carbocycles. The summed E-state index contributed by atoms with van der Waals surface area (Å²) in [6, 6.07) is 30.1. The van der Waals surface area contributed by atoms with E-state index in [1.165, 1.54) is 0 Å². The van der Waals surface area contributed by atoms with Crippen LogP contribution < -0.4 is 9.64 Å². The van der Waals surface area contributed by atoms with E-state index >= 15 is 0 Å². The van der Waals surface area contributed by atoms with E-state index in [2.05, 4.69) is 17.5 Å². The van der Waals surface area contributed by atoms with E-state index in [1.54, 1.807) is 11.3 Å². The van der Waals surface area contributed by atoms with Gasteiger partial charge in [0.1, 0.15) is 5.75 Å². The number of benzene rings is 3. The van der Waals surface area contributed by atoms with Gasteiger partial charge in [0.25, 0.3) is 5.91 Å². The third kappa shape index (κ3) is 2.66. The predicted octanol–water partition coefficient (Wildman–Crippen LogP) is 5.69. The summed E-state index contributed by atoms with van der Waals surface area (Å²) < 4.78 is 6.70. The molecule has 3 aliphatic rings. The highest BCUT2D eigenvalue weighted by Gasteiger charge is 2.63. The van der Waals surface area contributed by atoms with Gasteiger partial charge in [0.15, 0.2) is 0 Å². The van der Waals surface area contributed by atoms with Crippen molar-refractivity contribution in [3.05, 3.63) is 118 Å². The number of rotatable bonds is 3. The third-order valence-electron chi connectivity index (χ3n) is 6.85. The summed E-state index contributed by atoms with van der Waals surface area (Å²) in [5, 5.41) is 9.05. The maximum Gasteiger partial charge on any atom is 0.306 e. The van der Waals surface area contributed by atoms with Gasteiger partial charge in [0.05, 0.1) is 34.4 Å². The predicted molar refractivity (Wildman–Crippen MR) is 133 cm³/mol. The number of hydrazone groups is 1. The first kappa shape index (κ1) is 19.6. The third-order valence-corrected chi connectivity index (χ3v) is 7.77. The largest absolute Gasteiger partial charge is 0.453 e. The molecule has 0 saturated carbocycles. The van der Waals surface area contributed by atoms with Gasteiger partial charge in [-0.3, -0.25) is 4.79 Å². The first-order chi connectivity index (χ1) is 16.8. The Morgan fingerprint density at radius 1 is 0.941 bits per heavy atom. The molecule has 0 fully saturated rings. The molecule has 1 amide bonds. The summed E-state index contributed by atoms with van der Waals surface area (Å²) >= 11 is 1.67. The van der Waals surface area contributed by atoms with Crippen molar-refractivity contribution >= 4 is 28.6 Å². The maximum atomic E-state index is 14.4. The van der Waals surface area contributed by atoms with E-state index in [0.29, 0.717) is 6.54 Å². The Balaban J connectivity index is 1.42. The number of ether oxygens (including phenoxy) is 1. The molecule has 0 N–H and O–H groups in total. The number of anilines is 1. The molecule has 1 spiro atoms. The van der Waals surface area contributed by atoms with Crippen molar-refractivity contribution in [3.63, 3.8) is 0 Å². The minimum absolute atomic E-state index is 0.0734. The standard InChI is InChI=1S/C28H21N3O2S/c32-27-28(21-12-5-6-13-23(21)30(27)18-19-9-2-1-3-10-19)31-24(20-11-4-7-14-25(20)33-28)17-22(29-31)26-15-8-16-34-26/h1-16,24H,17-18H2/t24-,28-/m1/s1. The van der Waals surface area contributed by atoms with E-state index in [-0.39, 0.29) is 11.9 Å². The lowest BCUT2D eigenvalue weighted by molar-refractivity contribution is -0.164. The SMILES string of the molecule is O=C1N(Cc2ccccc2)c2ccccc2[C@@]12Oc1ccccc1[C@H]1CC(c3cccs3)=NN12. The molecule has 34 heavy (non-hydrogen) atoms. The Morgan fingerprint density at radius 2 is 1.74 bits per heavy atom. The highest BCUT2D eigenvalue weighted by Crippen LogP contribution is 2.55. The van der Waals surface area contributed by atoms with Crippen LogP contribution in [0.25, 0.3) is 0 Å². The van der Waals surface area contributed by atoms with Gasteiger partial charge in [-0.15, -0.1) is 11.3 Å². The number of carbonyl (C=O) groups excluding carboxylic acids is 1. The second-order valence-corrected chi connectivity index (χ2v) is 9.71. The fraction of sp³-hybridized carbons (Fsp3) is 0.143. The number of fused-ring (bicyclic) bond motifs is 6. The molecular weight excluding hydrogens is 442 g/mol. The molecule has 4 heterocycles. The van der Waals surface area contributed by atoms with E-state index in [4.69, 9.17) is 9.84 Å². The summed E-state index contributed by atoms with van der Waals surface area (Å²) in [7, 11) is 0. The molecule has 7 rings (SSSR count). The molecule has 0 aliphatic carbocycles. The number of carbonyl (C=O) groups is 1. The summed E-state index contributed by atoms with van der Waals surface area (Å²) in [4.78, 5) is 17.4. The van der Waals surface area contributed by atoms with Crippen LogP contribution in [0.1, 0.15) is 34.0 Å². The van der Waals surface area contributed by atoms with Crippen LogP contribution in [0.15, 0.2) is 101 Å². The average Bonchev–Trinajstić information content (AvgIpc) is 3.61. The average molecular weight is 464 g/mol. The van der Waals surface area contributed by atoms with Crippen molar-refractivity contribution in [2.24, 2.45) is 5.10 Å². The second kappa shape index (κ2) is 7.30. The Bertz CT molecular complexity index is 1430. The summed E-state index contributed by atoms with van der Waals surface area (Å²) in [6.45, 7) is 0.476. The van der Waals surface area contributed by atoms with Crippen molar-refractivity contribution in [1.82, 2.24) is 5.01 Å². The monoisotopic (exact) mass is 463 g/mol. The molecule has 3 aliphatic heterocycles. The molecule has 0 saturated heterocycles. The van der Waals surface area contributed by atoms with Crippen molar-refractivity contribution in [1.29, 1.82) is 0 Å². The maximum absolute atomic E-state index is 14.4. The van der Waals surface area contributed by atoms with E-state index < -0.39 is 5.72 Å². The summed E-state index contributed by atoms with van der Waals surface area (Å²) in [6.07, 6.45) is 0.733. The molecule has 0 bridgehead atoms. The highest BCUT2D eigenvalue weighted by atomic mass is 32.1. The molecule has 6 heteroatoms.